The van der Waals surface area contributed by atoms with Gasteiger partial charge in [-0.25, -0.2) is 18.2 Å². The largest absolute Gasteiger partial charge is 0.444 e. The fourth-order valence-electron chi connectivity index (χ4n) is 5.89. The van der Waals surface area contributed by atoms with Gasteiger partial charge in [-0.2, -0.15) is 0 Å². The highest BCUT2D eigenvalue weighted by Gasteiger charge is 2.32. The number of halogens is 1. The van der Waals surface area contributed by atoms with Crippen LogP contribution >= 0.6 is 0 Å². The molecule has 1 unspecified atom stereocenters. The van der Waals surface area contributed by atoms with Gasteiger partial charge in [-0.05, 0) is 106 Å². The third-order valence-electron chi connectivity index (χ3n) is 7.62. The van der Waals surface area contributed by atoms with Gasteiger partial charge < -0.3 is 15.0 Å². The first-order valence-electron chi connectivity index (χ1n) is 13.3. The lowest BCUT2D eigenvalue weighted by atomic mass is 9.98. The number of ether oxygens (including phenoxy) is 1. The van der Waals surface area contributed by atoms with Crippen molar-refractivity contribution >= 4 is 28.1 Å². The van der Waals surface area contributed by atoms with Crippen LogP contribution in [0.1, 0.15) is 73.8 Å². The first-order valence-corrected chi connectivity index (χ1v) is 15.1. The number of hydrogen-bond donors (Lipinski definition) is 4. The maximum atomic E-state index is 15.2. The number of likely N-dealkylation sites (tertiary alicyclic amines) is 1. The molecule has 5 rings (SSSR count). The highest BCUT2D eigenvalue weighted by molar-refractivity contribution is 7.99. The molecule has 1 aliphatic heterocycles. The minimum absolute atomic E-state index is 0.0817. The Morgan fingerprint density at radius 3 is 2.34 bits per heavy atom. The van der Waals surface area contributed by atoms with Crippen LogP contribution in [-0.4, -0.2) is 39.9 Å². The second kappa shape index (κ2) is 9.96. The van der Waals surface area contributed by atoms with Crippen LogP contribution in [0, 0.1) is 5.82 Å². The molecular formula is C28H37FN4O4S. The van der Waals surface area contributed by atoms with Crippen molar-refractivity contribution in [3.05, 3.63) is 57.9 Å². The molecule has 1 heterocycles. The highest BCUT2D eigenvalue weighted by Crippen LogP contribution is 2.38. The van der Waals surface area contributed by atoms with E-state index in [9.17, 15) is 13.8 Å². The van der Waals surface area contributed by atoms with Gasteiger partial charge in [-0.15, -0.1) is 0 Å². The second-order valence-electron chi connectivity index (χ2n) is 11.6. The number of benzene rings is 2. The number of amides is 3. The first kappa shape index (κ1) is 26.6. The smallest absolute Gasteiger partial charge is 0.410 e. The van der Waals surface area contributed by atoms with E-state index in [1.807, 2.05) is 20.8 Å². The number of fused-ring (bicyclic) bond motifs is 2. The van der Waals surface area contributed by atoms with Crippen molar-refractivity contribution in [3.63, 3.8) is 0 Å². The lowest BCUT2D eigenvalue weighted by molar-refractivity contribution is 0.0292. The summed E-state index contributed by atoms with van der Waals surface area (Å²) in [5.41, 5.74) is 5.69. The lowest BCUT2D eigenvalue weighted by Crippen LogP contribution is -2.45. The Kier molecular flexibility index (Phi) is 6.98. The Labute approximate surface area is 224 Å². The maximum Gasteiger partial charge on any atom is 0.410 e. The Bertz CT molecular complexity index is 1310. The van der Waals surface area contributed by atoms with Crippen molar-refractivity contribution in [2.75, 3.05) is 18.4 Å². The van der Waals surface area contributed by atoms with Crippen LogP contribution in [0.25, 0.3) is 0 Å². The Balaban J connectivity index is 1.27. The number of urea groups is 1. The van der Waals surface area contributed by atoms with E-state index in [1.165, 1.54) is 23.3 Å². The zero-order chi connectivity index (χ0) is 27.2. The van der Waals surface area contributed by atoms with Crippen LogP contribution in [0.15, 0.2) is 29.2 Å². The fraction of sp³-hybridized carbons (Fsp3) is 0.500. The maximum absolute atomic E-state index is 15.2. The molecule has 2 aromatic rings. The first-order chi connectivity index (χ1) is 17.9. The van der Waals surface area contributed by atoms with Gasteiger partial charge >= 0.3 is 12.1 Å². The summed E-state index contributed by atoms with van der Waals surface area (Å²) in [5.74, 6) is -0.826. The molecule has 1 atom stereocenters. The zero-order valence-electron chi connectivity index (χ0n) is 22.2. The van der Waals surface area contributed by atoms with Gasteiger partial charge in [-0.3, -0.25) is 9.86 Å². The Morgan fingerprint density at radius 1 is 1.08 bits per heavy atom. The third kappa shape index (κ3) is 5.42. The number of nitrogens with zero attached hydrogens (tertiary/aromatic N) is 1. The van der Waals surface area contributed by atoms with E-state index in [0.29, 0.717) is 25.1 Å². The minimum Gasteiger partial charge on any atom is -0.444 e. The molecule has 3 aliphatic rings. The average molecular weight is 545 g/mol. The number of carbonyl (C=O) groups is 2. The van der Waals surface area contributed by atoms with Gasteiger partial charge in [0.2, 0.25) is 0 Å². The normalized spacial score (nSPS) is 19.2. The highest BCUT2D eigenvalue weighted by atomic mass is 32.3. The van der Waals surface area contributed by atoms with Crippen LogP contribution in [0.3, 0.4) is 0 Å². The number of anilines is 1. The summed E-state index contributed by atoms with van der Waals surface area (Å²) in [6, 6.07) is 5.90. The molecule has 1 saturated heterocycles. The van der Waals surface area contributed by atoms with Gasteiger partial charge in [0, 0.05) is 35.0 Å². The van der Waals surface area contributed by atoms with E-state index < -0.39 is 33.8 Å². The summed E-state index contributed by atoms with van der Waals surface area (Å²) < 4.78 is 36.3. The number of aryl methyl sites for hydroxylation is 2. The van der Waals surface area contributed by atoms with E-state index in [0.717, 1.165) is 55.3 Å². The predicted molar refractivity (Wildman–Crippen MR) is 146 cm³/mol. The van der Waals surface area contributed by atoms with Crippen molar-refractivity contribution in [2.45, 2.75) is 82.1 Å². The van der Waals surface area contributed by atoms with E-state index >= 15 is 4.39 Å². The molecule has 38 heavy (non-hydrogen) atoms. The monoisotopic (exact) mass is 544 g/mol. The fourth-order valence-corrected chi connectivity index (χ4v) is 7.05. The summed E-state index contributed by atoms with van der Waals surface area (Å²) >= 11 is 0. The third-order valence-corrected chi connectivity index (χ3v) is 9.23. The number of carbonyl (C=O) groups excluding carboxylic acids is 2. The number of nitrogens with two attached hydrogens (primary N) is 1. The van der Waals surface area contributed by atoms with Gasteiger partial charge in [0.05, 0.1) is 4.90 Å². The van der Waals surface area contributed by atoms with Crippen LogP contribution in [0.5, 0.6) is 0 Å². The quantitative estimate of drug-likeness (QED) is 0.424. The molecule has 4 N–H and O–H groups in total. The van der Waals surface area contributed by atoms with Crippen LogP contribution in [-0.2, 0) is 40.7 Å². The molecule has 0 aromatic heterocycles. The minimum atomic E-state index is -4.04. The molecule has 0 bridgehead atoms. The summed E-state index contributed by atoms with van der Waals surface area (Å²) in [6.07, 6.45) is 6.10. The van der Waals surface area contributed by atoms with E-state index in [1.54, 1.807) is 11.0 Å². The second-order valence-corrected chi connectivity index (χ2v) is 13.6. The van der Waals surface area contributed by atoms with Gasteiger partial charge in [0.25, 0.3) is 0 Å². The molecule has 10 heteroatoms. The molecule has 2 aromatic carbocycles. The molecule has 206 valence electrons. The number of nitrogens with one attached hydrogen (secondary N) is 2. The van der Waals surface area contributed by atoms with Crippen LogP contribution < -0.4 is 15.2 Å². The zero-order valence-corrected chi connectivity index (χ0v) is 23.1. The van der Waals surface area contributed by atoms with Gasteiger partial charge in [0.1, 0.15) is 11.4 Å². The molecule has 2 aliphatic carbocycles. The average Bonchev–Trinajstić information content (AvgIpc) is 3.57. The van der Waals surface area contributed by atoms with Crippen LogP contribution in [0.2, 0.25) is 0 Å². The Morgan fingerprint density at radius 2 is 1.74 bits per heavy atom. The van der Waals surface area contributed by atoms with E-state index in [2.05, 4.69) is 16.1 Å². The number of hydrogen-bond acceptors (Lipinski definition) is 4. The predicted octanol–water partition coefficient (Wildman–Crippen LogP) is 4.51. The summed E-state index contributed by atoms with van der Waals surface area (Å²) in [7, 11) is -4.04. The standard InChI is InChI=1S/C28H37FN4O4S/c1-28(2,3)37-27(35)33-13-12-20(16-33)17-10-11-24(23(29)15-17)38(30,36)32-26(34)31-25-21-8-4-6-18(21)14-19-7-5-9-22(19)25/h10-11,14-15,20,38H,4-9,12-13,16H2,1-3H3,(H4,30,31,32,34,36). The molecular weight excluding hydrogens is 507 g/mol. The molecule has 1 fully saturated rings. The Hall–Kier alpha value is -2.98. The number of rotatable bonds is 4. The summed E-state index contributed by atoms with van der Waals surface area (Å²) in [5, 5.41) is 8.92. The molecule has 0 saturated carbocycles. The SMILES string of the molecule is CC(C)(C)OC(=O)N1CCC(c2ccc([SH](N)(=O)NC(=O)Nc3c4c(cc5c3CCC5)CCC4)c(F)c2)C1. The van der Waals surface area contributed by atoms with Crippen LogP contribution in [0.4, 0.5) is 19.7 Å². The van der Waals surface area contributed by atoms with Crippen molar-refractivity contribution in [2.24, 2.45) is 5.14 Å². The summed E-state index contributed by atoms with van der Waals surface area (Å²) in [6.45, 7) is 6.34. The number of thiol groups is 1. The van der Waals surface area contributed by atoms with Crippen molar-refractivity contribution in [1.29, 1.82) is 0 Å². The van der Waals surface area contributed by atoms with E-state index in [-0.39, 0.29) is 10.8 Å². The molecule has 8 nitrogen and oxygen atoms in total. The molecule has 0 radical (unpaired) electrons. The van der Waals surface area contributed by atoms with E-state index in [4.69, 9.17) is 9.88 Å². The van der Waals surface area contributed by atoms with Crippen molar-refractivity contribution in [1.82, 2.24) is 9.62 Å². The summed E-state index contributed by atoms with van der Waals surface area (Å²) in [4.78, 5) is 26.7. The van der Waals surface area contributed by atoms with Crippen molar-refractivity contribution in [3.8, 4) is 0 Å². The van der Waals surface area contributed by atoms with Crippen molar-refractivity contribution < 1.29 is 22.9 Å². The van der Waals surface area contributed by atoms with Gasteiger partial charge in [-0.1, -0.05) is 12.1 Å². The topological polar surface area (TPSA) is 114 Å². The molecule has 0 spiro atoms. The molecule has 3 amide bonds. The van der Waals surface area contributed by atoms with Gasteiger partial charge in [0.15, 0.2) is 0 Å². The lowest BCUT2D eigenvalue weighted by Gasteiger charge is -2.25.